The van der Waals surface area contributed by atoms with Gasteiger partial charge in [0.15, 0.2) is 6.10 Å². The number of aliphatic hydroxyl groups excluding tert-OH is 1. The molecule has 2 aromatic rings. The summed E-state index contributed by atoms with van der Waals surface area (Å²) < 4.78 is 38.5. The molecule has 0 bridgehead atoms. The van der Waals surface area contributed by atoms with Gasteiger partial charge in [0.2, 0.25) is 0 Å². The molecule has 0 fully saturated rings. The van der Waals surface area contributed by atoms with Crippen molar-refractivity contribution in [2.75, 3.05) is 0 Å². The van der Waals surface area contributed by atoms with E-state index >= 15 is 0 Å². The molecule has 20 heavy (non-hydrogen) atoms. The second kappa shape index (κ2) is 5.85. The van der Waals surface area contributed by atoms with E-state index in [0.717, 1.165) is 5.56 Å². The first kappa shape index (κ1) is 14.2. The molecule has 104 valence electrons. The van der Waals surface area contributed by atoms with E-state index in [1.165, 1.54) is 23.0 Å². The van der Waals surface area contributed by atoms with Crippen LogP contribution in [0.25, 0.3) is 0 Å². The van der Waals surface area contributed by atoms with Crippen molar-refractivity contribution in [1.29, 1.82) is 0 Å². The van der Waals surface area contributed by atoms with E-state index in [0.29, 0.717) is 0 Å². The summed E-state index contributed by atoms with van der Waals surface area (Å²) in [4.78, 5) is 0. The fourth-order valence-corrected chi connectivity index (χ4v) is 1.66. The third-order valence-corrected chi connectivity index (χ3v) is 2.67. The lowest BCUT2D eigenvalue weighted by atomic mass is 10.2. The number of benzene rings is 1. The molecule has 1 N–H and O–H groups in total. The summed E-state index contributed by atoms with van der Waals surface area (Å²) in [5.74, 6) is 5.77. The topological polar surface area (TPSA) is 25.2 Å². The van der Waals surface area contributed by atoms with Gasteiger partial charge in [-0.15, -0.1) is 0 Å². The highest BCUT2D eigenvalue weighted by Gasteiger charge is 2.39. The Bertz CT molecular complexity index is 620. The van der Waals surface area contributed by atoms with Crippen molar-refractivity contribution in [2.24, 2.45) is 0 Å². The van der Waals surface area contributed by atoms with Crippen LogP contribution >= 0.6 is 0 Å². The molecular weight excluding hydrogens is 267 g/mol. The minimum Gasteiger partial charge on any atom is -0.379 e. The van der Waals surface area contributed by atoms with Crippen molar-refractivity contribution in [3.63, 3.8) is 0 Å². The van der Waals surface area contributed by atoms with Crippen LogP contribution in [0.1, 0.15) is 17.2 Å². The molecule has 0 amide bonds. The van der Waals surface area contributed by atoms with E-state index < -0.39 is 12.3 Å². The second-order valence-corrected chi connectivity index (χ2v) is 4.23. The zero-order valence-corrected chi connectivity index (χ0v) is 10.4. The van der Waals surface area contributed by atoms with Crippen LogP contribution in [0, 0.1) is 11.8 Å². The van der Waals surface area contributed by atoms with Crippen LogP contribution in [0.4, 0.5) is 13.2 Å². The van der Waals surface area contributed by atoms with Crippen molar-refractivity contribution in [3.05, 3.63) is 59.9 Å². The Morgan fingerprint density at radius 1 is 1.15 bits per heavy atom. The quantitative estimate of drug-likeness (QED) is 0.839. The highest BCUT2D eigenvalue weighted by Crippen LogP contribution is 2.32. The number of hydrogen-bond acceptors (Lipinski definition) is 1. The van der Waals surface area contributed by atoms with E-state index in [1.54, 1.807) is 0 Å². The number of alkyl halides is 3. The second-order valence-electron chi connectivity index (χ2n) is 4.23. The minimum absolute atomic E-state index is 0.181. The molecule has 1 atom stereocenters. The molecule has 1 unspecified atom stereocenters. The molecule has 0 saturated carbocycles. The molecule has 0 aliphatic carbocycles. The van der Waals surface area contributed by atoms with Crippen molar-refractivity contribution >= 4 is 0 Å². The van der Waals surface area contributed by atoms with Crippen LogP contribution in [0.2, 0.25) is 0 Å². The maximum absolute atomic E-state index is 12.3. The van der Waals surface area contributed by atoms with Crippen LogP contribution in [0.5, 0.6) is 0 Å². The van der Waals surface area contributed by atoms with E-state index in [2.05, 4.69) is 11.8 Å². The Morgan fingerprint density at radius 2 is 1.85 bits per heavy atom. The van der Waals surface area contributed by atoms with Gasteiger partial charge in [-0.3, -0.25) is 0 Å². The first-order valence-electron chi connectivity index (χ1n) is 5.91. The third kappa shape index (κ3) is 3.65. The summed E-state index contributed by atoms with van der Waals surface area (Å²) in [6.45, 7) is 0.263. The highest BCUT2D eigenvalue weighted by molar-refractivity contribution is 5.33. The molecule has 0 saturated heterocycles. The standard InChI is InChI=1S/C15H12F3NO/c16-15(17,18)14(20)13-8-10-19(11-13)9-4-7-12-5-2-1-3-6-12/h1-3,5-6,8,10-11,14,20H,9H2. The number of nitrogens with zero attached hydrogens (tertiary/aromatic N) is 1. The maximum atomic E-state index is 12.3. The molecule has 0 aliphatic rings. The molecule has 2 nitrogen and oxygen atoms in total. The number of rotatable bonds is 2. The zero-order valence-electron chi connectivity index (χ0n) is 10.4. The lowest BCUT2D eigenvalue weighted by Gasteiger charge is -2.12. The van der Waals surface area contributed by atoms with Crippen LogP contribution in [-0.2, 0) is 6.54 Å². The third-order valence-electron chi connectivity index (χ3n) is 2.67. The Balaban J connectivity index is 2.03. The molecule has 0 aliphatic heterocycles. The largest absolute Gasteiger partial charge is 0.418 e. The molecule has 1 aromatic carbocycles. The smallest absolute Gasteiger partial charge is 0.379 e. The summed E-state index contributed by atoms with van der Waals surface area (Å²) in [6.07, 6.45) is -4.39. The van der Waals surface area contributed by atoms with Crippen molar-refractivity contribution in [2.45, 2.75) is 18.8 Å². The highest BCUT2D eigenvalue weighted by atomic mass is 19.4. The monoisotopic (exact) mass is 279 g/mol. The van der Waals surface area contributed by atoms with Gasteiger partial charge in [0.25, 0.3) is 0 Å². The van der Waals surface area contributed by atoms with E-state index in [9.17, 15) is 13.2 Å². The Hall–Kier alpha value is -2.19. The fourth-order valence-electron chi connectivity index (χ4n) is 1.66. The van der Waals surface area contributed by atoms with Crippen molar-refractivity contribution in [3.8, 4) is 11.8 Å². The minimum atomic E-state index is -4.65. The summed E-state index contributed by atoms with van der Waals surface area (Å²) in [5.41, 5.74) is 0.661. The number of hydrogen-bond donors (Lipinski definition) is 1. The van der Waals surface area contributed by atoms with Gasteiger partial charge in [-0.05, 0) is 18.2 Å². The van der Waals surface area contributed by atoms with Gasteiger partial charge in [0, 0.05) is 23.5 Å². The zero-order chi connectivity index (χ0) is 14.6. The summed E-state index contributed by atoms with van der Waals surface area (Å²) >= 11 is 0. The van der Waals surface area contributed by atoms with E-state index in [4.69, 9.17) is 5.11 Å². The van der Waals surface area contributed by atoms with Crippen LogP contribution < -0.4 is 0 Å². The van der Waals surface area contributed by atoms with Crippen LogP contribution in [-0.4, -0.2) is 15.8 Å². The first-order valence-corrected chi connectivity index (χ1v) is 5.91. The lowest BCUT2D eigenvalue weighted by Crippen LogP contribution is -2.19. The normalized spacial score (nSPS) is 12.6. The Labute approximate surface area is 114 Å². The molecule has 1 heterocycles. The molecule has 0 spiro atoms. The van der Waals surface area contributed by atoms with E-state index in [-0.39, 0.29) is 12.1 Å². The Kier molecular flexibility index (Phi) is 4.16. The number of aromatic nitrogens is 1. The average molecular weight is 279 g/mol. The fraction of sp³-hybridized carbons (Fsp3) is 0.200. The summed E-state index contributed by atoms with van der Waals surface area (Å²) in [5, 5.41) is 9.10. The van der Waals surface area contributed by atoms with E-state index in [1.807, 2.05) is 30.3 Å². The lowest BCUT2D eigenvalue weighted by molar-refractivity contribution is -0.206. The molecule has 5 heteroatoms. The maximum Gasteiger partial charge on any atom is 0.418 e. The predicted octanol–water partition coefficient (Wildman–Crippen LogP) is 3.14. The van der Waals surface area contributed by atoms with Crippen molar-refractivity contribution in [1.82, 2.24) is 4.57 Å². The molecule has 0 radical (unpaired) electrons. The van der Waals surface area contributed by atoms with Gasteiger partial charge < -0.3 is 9.67 Å². The Morgan fingerprint density at radius 3 is 2.50 bits per heavy atom. The van der Waals surface area contributed by atoms with Gasteiger partial charge in [0.05, 0.1) is 6.54 Å². The molecule has 1 aromatic heterocycles. The summed E-state index contributed by atoms with van der Waals surface area (Å²) in [6, 6.07) is 10.5. The predicted molar refractivity (Wildman–Crippen MR) is 68.8 cm³/mol. The molecule has 2 rings (SSSR count). The van der Waals surface area contributed by atoms with Gasteiger partial charge in [-0.2, -0.15) is 13.2 Å². The molecular formula is C15H12F3NO. The average Bonchev–Trinajstić information content (AvgIpc) is 2.87. The summed E-state index contributed by atoms with van der Waals surface area (Å²) in [7, 11) is 0. The van der Waals surface area contributed by atoms with Crippen LogP contribution in [0.15, 0.2) is 48.8 Å². The van der Waals surface area contributed by atoms with Gasteiger partial charge >= 0.3 is 6.18 Å². The first-order chi connectivity index (χ1) is 9.47. The SMILES string of the molecule is OC(c1ccn(CC#Cc2ccccc2)c1)C(F)(F)F. The van der Waals surface area contributed by atoms with Gasteiger partial charge in [0.1, 0.15) is 0 Å². The van der Waals surface area contributed by atoms with Crippen molar-refractivity contribution < 1.29 is 18.3 Å². The number of halogens is 3. The van der Waals surface area contributed by atoms with Gasteiger partial charge in [-0.1, -0.05) is 30.0 Å². The van der Waals surface area contributed by atoms with Gasteiger partial charge in [-0.25, -0.2) is 0 Å². The number of aliphatic hydroxyl groups is 1. The van der Waals surface area contributed by atoms with Crippen LogP contribution in [0.3, 0.4) is 0 Å².